The van der Waals surface area contributed by atoms with Crippen LogP contribution in [-0.2, 0) is 4.79 Å². The van der Waals surface area contributed by atoms with Gasteiger partial charge in [0.25, 0.3) is 11.8 Å². The van der Waals surface area contributed by atoms with Crippen LogP contribution in [-0.4, -0.2) is 18.4 Å². The fraction of sp³-hybridized carbons (Fsp3) is 0.0476. The number of benzene rings is 3. The maximum atomic E-state index is 12.6. The Kier molecular flexibility index (Phi) is 6.84. The molecule has 0 saturated heterocycles. The highest BCUT2D eigenvalue weighted by Gasteiger charge is 2.14. The maximum absolute atomic E-state index is 12.6. The summed E-state index contributed by atoms with van der Waals surface area (Å²) in [6, 6.07) is 21.3. The molecule has 0 fully saturated rings. The first kappa shape index (κ1) is 20.1. The summed E-state index contributed by atoms with van der Waals surface area (Å²) in [7, 11) is 0. The summed E-state index contributed by atoms with van der Waals surface area (Å²) in [4.78, 5) is 24.9. The fourth-order valence-electron chi connectivity index (χ4n) is 2.43. The van der Waals surface area contributed by atoms with Crippen LogP contribution >= 0.6 is 31.9 Å². The van der Waals surface area contributed by atoms with Crippen molar-refractivity contribution in [3.8, 4) is 5.75 Å². The summed E-state index contributed by atoms with van der Waals surface area (Å²) in [5.74, 6) is -0.123. The van der Waals surface area contributed by atoms with Gasteiger partial charge in [0.1, 0.15) is 5.75 Å². The highest BCUT2D eigenvalue weighted by Crippen LogP contribution is 2.28. The average Bonchev–Trinajstić information content (AvgIpc) is 2.68. The number of hydrogen-bond acceptors (Lipinski definition) is 3. The van der Waals surface area contributed by atoms with Gasteiger partial charge in [-0.3, -0.25) is 9.59 Å². The highest BCUT2D eigenvalue weighted by molar-refractivity contribution is 9.11. The normalized spacial score (nSPS) is 10.2. The van der Waals surface area contributed by atoms with Crippen molar-refractivity contribution in [2.24, 2.45) is 0 Å². The molecule has 7 heteroatoms. The number of carbonyl (C=O) groups excluding carboxylic acids is 2. The van der Waals surface area contributed by atoms with Gasteiger partial charge in [-0.05, 0) is 58.4 Å². The largest absolute Gasteiger partial charge is 0.483 e. The minimum Gasteiger partial charge on any atom is -0.483 e. The molecule has 0 unspecified atom stereocenters. The van der Waals surface area contributed by atoms with E-state index in [1.165, 1.54) is 0 Å². The lowest BCUT2D eigenvalue weighted by atomic mass is 10.1. The zero-order valence-electron chi connectivity index (χ0n) is 14.6. The van der Waals surface area contributed by atoms with Gasteiger partial charge < -0.3 is 15.4 Å². The van der Waals surface area contributed by atoms with Crippen molar-refractivity contribution in [3.63, 3.8) is 0 Å². The second-order valence-electron chi connectivity index (χ2n) is 5.78. The van der Waals surface area contributed by atoms with Crippen molar-refractivity contribution >= 4 is 55.0 Å². The van der Waals surface area contributed by atoms with E-state index in [4.69, 9.17) is 4.74 Å². The van der Waals surface area contributed by atoms with Crippen LogP contribution in [0.3, 0.4) is 0 Å². The minimum atomic E-state index is -0.366. The Labute approximate surface area is 179 Å². The molecular weight excluding hydrogens is 488 g/mol. The third-order valence-corrected chi connectivity index (χ3v) is 4.84. The molecule has 0 radical (unpaired) electrons. The summed E-state index contributed by atoms with van der Waals surface area (Å²) < 4.78 is 7.17. The molecule has 3 rings (SSSR count). The summed E-state index contributed by atoms with van der Waals surface area (Å²) in [6.45, 7) is -0.186. The molecule has 3 aromatic carbocycles. The quantitative estimate of drug-likeness (QED) is 0.468. The molecule has 0 aliphatic heterocycles. The van der Waals surface area contributed by atoms with Crippen LogP contribution in [0.2, 0.25) is 0 Å². The van der Waals surface area contributed by atoms with Gasteiger partial charge >= 0.3 is 0 Å². The Morgan fingerprint density at radius 2 is 1.57 bits per heavy atom. The average molecular weight is 504 g/mol. The standard InChI is InChI=1S/C21H16Br2N2O3/c22-14-10-11-19(17(23)12-14)28-13-20(26)25-18-9-5-4-8-16(18)21(27)24-15-6-2-1-3-7-15/h1-12H,13H2,(H,24,27)(H,25,26). The predicted octanol–water partition coefficient (Wildman–Crippen LogP) is 5.48. The van der Waals surface area contributed by atoms with Gasteiger partial charge in [0.2, 0.25) is 0 Å². The summed E-state index contributed by atoms with van der Waals surface area (Å²) in [5, 5.41) is 5.54. The zero-order chi connectivity index (χ0) is 19.9. The number of rotatable bonds is 6. The van der Waals surface area contributed by atoms with E-state index in [2.05, 4.69) is 42.5 Å². The first-order chi connectivity index (χ1) is 13.5. The topological polar surface area (TPSA) is 67.4 Å². The van der Waals surface area contributed by atoms with E-state index in [1.54, 1.807) is 42.5 Å². The molecule has 0 spiro atoms. The van der Waals surface area contributed by atoms with E-state index < -0.39 is 0 Å². The monoisotopic (exact) mass is 502 g/mol. The van der Waals surface area contributed by atoms with E-state index in [-0.39, 0.29) is 18.4 Å². The van der Waals surface area contributed by atoms with E-state index in [0.29, 0.717) is 22.7 Å². The Hall–Kier alpha value is -2.64. The predicted molar refractivity (Wildman–Crippen MR) is 117 cm³/mol. The molecule has 3 aromatic rings. The van der Waals surface area contributed by atoms with E-state index in [0.717, 1.165) is 8.95 Å². The highest BCUT2D eigenvalue weighted by atomic mass is 79.9. The van der Waals surface area contributed by atoms with Crippen LogP contribution in [0.1, 0.15) is 10.4 Å². The lowest BCUT2D eigenvalue weighted by molar-refractivity contribution is -0.118. The van der Waals surface area contributed by atoms with Gasteiger partial charge in [0.15, 0.2) is 6.61 Å². The van der Waals surface area contributed by atoms with Crippen LogP contribution in [0, 0.1) is 0 Å². The SMILES string of the molecule is O=C(COc1ccc(Br)cc1Br)Nc1ccccc1C(=O)Nc1ccccc1. The first-order valence-electron chi connectivity index (χ1n) is 8.36. The fourth-order valence-corrected chi connectivity index (χ4v) is 3.59. The third kappa shape index (κ3) is 5.43. The molecule has 142 valence electrons. The van der Waals surface area contributed by atoms with Crippen molar-refractivity contribution in [1.82, 2.24) is 0 Å². The van der Waals surface area contributed by atoms with E-state index in [9.17, 15) is 9.59 Å². The van der Waals surface area contributed by atoms with Crippen molar-refractivity contribution in [2.45, 2.75) is 0 Å². The molecule has 0 bridgehead atoms. The number of nitrogens with one attached hydrogen (secondary N) is 2. The molecule has 2 amide bonds. The molecular formula is C21H16Br2N2O3. The summed E-state index contributed by atoms with van der Waals surface area (Å²) in [6.07, 6.45) is 0. The Morgan fingerprint density at radius 3 is 2.32 bits per heavy atom. The number of hydrogen-bond donors (Lipinski definition) is 2. The molecule has 28 heavy (non-hydrogen) atoms. The summed E-state index contributed by atoms with van der Waals surface area (Å²) >= 11 is 6.75. The van der Waals surface area contributed by atoms with Crippen molar-refractivity contribution < 1.29 is 14.3 Å². The number of halogens is 2. The number of para-hydroxylation sites is 2. The number of carbonyl (C=O) groups is 2. The minimum absolute atomic E-state index is 0.186. The van der Waals surface area contributed by atoms with Crippen LogP contribution in [0.4, 0.5) is 11.4 Å². The van der Waals surface area contributed by atoms with E-state index in [1.807, 2.05) is 30.3 Å². The molecule has 2 N–H and O–H groups in total. The lowest BCUT2D eigenvalue weighted by Gasteiger charge is -2.12. The van der Waals surface area contributed by atoms with Crippen molar-refractivity contribution in [1.29, 1.82) is 0 Å². The molecule has 0 aromatic heterocycles. The Balaban J connectivity index is 1.65. The van der Waals surface area contributed by atoms with Crippen molar-refractivity contribution in [3.05, 3.63) is 87.3 Å². The Morgan fingerprint density at radius 1 is 0.857 bits per heavy atom. The van der Waals surface area contributed by atoms with Gasteiger partial charge in [-0.25, -0.2) is 0 Å². The van der Waals surface area contributed by atoms with Crippen LogP contribution in [0.5, 0.6) is 5.75 Å². The second-order valence-corrected chi connectivity index (χ2v) is 7.55. The lowest BCUT2D eigenvalue weighted by Crippen LogP contribution is -2.22. The number of ether oxygens (including phenoxy) is 1. The molecule has 5 nitrogen and oxygen atoms in total. The smallest absolute Gasteiger partial charge is 0.262 e. The van der Waals surface area contributed by atoms with Crippen LogP contribution in [0.15, 0.2) is 81.7 Å². The van der Waals surface area contributed by atoms with Crippen LogP contribution < -0.4 is 15.4 Å². The molecule has 0 aliphatic carbocycles. The van der Waals surface area contributed by atoms with E-state index >= 15 is 0 Å². The number of amides is 2. The van der Waals surface area contributed by atoms with Gasteiger partial charge in [-0.1, -0.05) is 46.3 Å². The Bertz CT molecular complexity index is 994. The zero-order valence-corrected chi connectivity index (χ0v) is 17.8. The third-order valence-electron chi connectivity index (χ3n) is 3.73. The van der Waals surface area contributed by atoms with Gasteiger partial charge in [-0.2, -0.15) is 0 Å². The second kappa shape index (κ2) is 9.52. The first-order valence-corrected chi connectivity index (χ1v) is 9.94. The molecule has 0 heterocycles. The molecule has 0 aliphatic rings. The molecule has 0 atom stereocenters. The molecule has 0 saturated carbocycles. The number of anilines is 2. The maximum Gasteiger partial charge on any atom is 0.262 e. The van der Waals surface area contributed by atoms with Crippen molar-refractivity contribution in [2.75, 3.05) is 17.2 Å². The summed E-state index contributed by atoms with van der Waals surface area (Å²) in [5.41, 5.74) is 1.46. The van der Waals surface area contributed by atoms with Gasteiger partial charge in [0.05, 0.1) is 15.7 Å². The van der Waals surface area contributed by atoms with Crippen LogP contribution in [0.25, 0.3) is 0 Å². The van der Waals surface area contributed by atoms with Gasteiger partial charge in [0, 0.05) is 10.2 Å². The van der Waals surface area contributed by atoms with Gasteiger partial charge in [-0.15, -0.1) is 0 Å².